The average molecular weight is 364 g/mol. The summed E-state index contributed by atoms with van der Waals surface area (Å²) in [6.07, 6.45) is 0.0117. The van der Waals surface area contributed by atoms with Gasteiger partial charge in [-0.3, -0.25) is 9.59 Å². The number of Topliss-reactive ketones (excluding diaryl/α,β-unsaturated/α-hetero) is 1. The first-order valence-corrected chi connectivity index (χ1v) is 8.20. The van der Waals surface area contributed by atoms with Crippen LogP contribution in [-0.4, -0.2) is 23.3 Å². The van der Waals surface area contributed by atoms with E-state index in [-0.39, 0.29) is 31.1 Å². The number of amides is 1. The first-order valence-electron chi connectivity index (χ1n) is 7.82. The Morgan fingerprint density at radius 2 is 1.76 bits per heavy atom. The zero-order valence-electron chi connectivity index (χ0n) is 13.8. The van der Waals surface area contributed by atoms with Crippen molar-refractivity contribution in [1.82, 2.24) is 5.32 Å². The summed E-state index contributed by atoms with van der Waals surface area (Å²) in [7, 11) is 0. The number of hydrogen-bond acceptors (Lipinski definition) is 3. The molecule has 25 heavy (non-hydrogen) atoms. The molecule has 0 aliphatic rings. The predicted molar refractivity (Wildman–Crippen MR) is 94.0 cm³/mol. The number of aliphatic hydroxyl groups is 1. The van der Waals surface area contributed by atoms with Crippen molar-refractivity contribution in [3.05, 3.63) is 70.5 Å². The monoisotopic (exact) mass is 363 g/mol. The van der Waals surface area contributed by atoms with Crippen LogP contribution in [0.4, 0.5) is 4.39 Å². The third-order valence-corrected chi connectivity index (χ3v) is 4.18. The van der Waals surface area contributed by atoms with Gasteiger partial charge >= 0.3 is 0 Å². The minimum Gasteiger partial charge on any atom is -0.384 e. The van der Waals surface area contributed by atoms with Crippen LogP contribution >= 0.6 is 11.6 Å². The largest absolute Gasteiger partial charge is 0.384 e. The normalized spacial score (nSPS) is 13.1. The van der Waals surface area contributed by atoms with E-state index in [1.807, 2.05) is 0 Å². The second kappa shape index (κ2) is 8.23. The van der Waals surface area contributed by atoms with Gasteiger partial charge in [-0.15, -0.1) is 0 Å². The molecule has 2 aromatic carbocycles. The summed E-state index contributed by atoms with van der Waals surface area (Å²) < 4.78 is 12.9. The summed E-state index contributed by atoms with van der Waals surface area (Å²) in [4.78, 5) is 24.0. The SMILES string of the molecule is CC(O)(CNC(=O)CCC(=O)c1ccccc1Cl)c1ccc(F)cc1. The molecule has 0 spiro atoms. The summed E-state index contributed by atoms with van der Waals surface area (Å²) in [5.41, 5.74) is -0.465. The van der Waals surface area contributed by atoms with E-state index in [1.165, 1.54) is 31.2 Å². The van der Waals surface area contributed by atoms with Gasteiger partial charge < -0.3 is 10.4 Å². The average Bonchev–Trinajstić information content (AvgIpc) is 2.59. The molecule has 132 valence electrons. The van der Waals surface area contributed by atoms with Gasteiger partial charge in [0, 0.05) is 18.4 Å². The van der Waals surface area contributed by atoms with Crippen LogP contribution in [0, 0.1) is 5.82 Å². The Bertz CT molecular complexity index is 760. The molecule has 2 aromatic rings. The zero-order chi connectivity index (χ0) is 18.4. The van der Waals surface area contributed by atoms with Crippen molar-refractivity contribution in [3.63, 3.8) is 0 Å². The van der Waals surface area contributed by atoms with Gasteiger partial charge in [0.05, 0.1) is 11.6 Å². The number of rotatable bonds is 7. The molecule has 0 aliphatic carbocycles. The highest BCUT2D eigenvalue weighted by atomic mass is 35.5. The topological polar surface area (TPSA) is 66.4 Å². The van der Waals surface area contributed by atoms with Crippen LogP contribution in [0.1, 0.15) is 35.7 Å². The maximum absolute atomic E-state index is 12.9. The Balaban J connectivity index is 1.85. The lowest BCUT2D eigenvalue weighted by Crippen LogP contribution is -2.38. The van der Waals surface area contributed by atoms with Crippen molar-refractivity contribution in [3.8, 4) is 0 Å². The molecule has 0 heterocycles. The van der Waals surface area contributed by atoms with Gasteiger partial charge in [0.15, 0.2) is 5.78 Å². The molecular weight excluding hydrogens is 345 g/mol. The molecule has 0 aromatic heterocycles. The van der Waals surface area contributed by atoms with Crippen LogP contribution in [0.25, 0.3) is 0 Å². The van der Waals surface area contributed by atoms with E-state index < -0.39 is 11.4 Å². The van der Waals surface area contributed by atoms with E-state index in [0.29, 0.717) is 16.1 Å². The lowest BCUT2D eigenvalue weighted by Gasteiger charge is -2.24. The van der Waals surface area contributed by atoms with Gasteiger partial charge in [-0.05, 0) is 36.8 Å². The van der Waals surface area contributed by atoms with Crippen LogP contribution < -0.4 is 5.32 Å². The molecule has 2 rings (SSSR count). The number of benzene rings is 2. The fraction of sp³-hybridized carbons (Fsp3) is 0.263. The van der Waals surface area contributed by atoms with E-state index >= 15 is 0 Å². The molecule has 0 saturated carbocycles. The highest BCUT2D eigenvalue weighted by molar-refractivity contribution is 6.34. The number of nitrogens with one attached hydrogen (secondary N) is 1. The summed E-state index contributed by atoms with van der Waals surface area (Å²) in [5, 5.41) is 13.3. The standard InChI is InChI=1S/C19H19ClFNO3/c1-19(25,13-6-8-14(21)9-7-13)12-22-18(24)11-10-17(23)15-4-2-3-5-16(15)20/h2-9,25H,10-12H2,1H3,(H,22,24). The Morgan fingerprint density at radius 3 is 2.40 bits per heavy atom. The Morgan fingerprint density at radius 1 is 1.12 bits per heavy atom. The molecule has 0 radical (unpaired) electrons. The smallest absolute Gasteiger partial charge is 0.220 e. The maximum Gasteiger partial charge on any atom is 0.220 e. The zero-order valence-corrected chi connectivity index (χ0v) is 14.5. The number of carbonyl (C=O) groups excluding carboxylic acids is 2. The minimum atomic E-state index is -1.34. The van der Waals surface area contributed by atoms with Crippen molar-refractivity contribution in [2.75, 3.05) is 6.54 Å². The predicted octanol–water partition coefficient (Wildman–Crippen LogP) is 3.47. The van der Waals surface area contributed by atoms with Gasteiger partial charge in [-0.2, -0.15) is 0 Å². The maximum atomic E-state index is 12.9. The van der Waals surface area contributed by atoms with Gasteiger partial charge in [-0.25, -0.2) is 4.39 Å². The third kappa shape index (κ3) is 5.37. The quantitative estimate of drug-likeness (QED) is 0.740. The van der Waals surface area contributed by atoms with Crippen molar-refractivity contribution in [2.45, 2.75) is 25.4 Å². The molecule has 0 saturated heterocycles. The third-order valence-electron chi connectivity index (χ3n) is 3.85. The Labute approximate surface area is 150 Å². The van der Waals surface area contributed by atoms with Crippen molar-refractivity contribution < 1.29 is 19.1 Å². The van der Waals surface area contributed by atoms with Crippen LogP contribution in [0.3, 0.4) is 0 Å². The summed E-state index contributed by atoms with van der Waals surface area (Å²) >= 11 is 5.95. The highest BCUT2D eigenvalue weighted by Gasteiger charge is 2.24. The van der Waals surface area contributed by atoms with E-state index in [9.17, 15) is 19.1 Å². The summed E-state index contributed by atoms with van der Waals surface area (Å²) in [6, 6.07) is 12.1. The molecule has 4 nitrogen and oxygen atoms in total. The Hall–Kier alpha value is -2.24. The molecule has 0 fully saturated rings. The van der Waals surface area contributed by atoms with Crippen LogP contribution in [0.15, 0.2) is 48.5 Å². The molecular formula is C19H19ClFNO3. The number of ketones is 1. The Kier molecular flexibility index (Phi) is 6.28. The fourth-order valence-electron chi connectivity index (χ4n) is 2.32. The number of halogens is 2. The molecule has 1 amide bonds. The molecule has 0 bridgehead atoms. The lowest BCUT2D eigenvalue weighted by atomic mass is 9.96. The van der Waals surface area contributed by atoms with Gasteiger partial charge in [-0.1, -0.05) is 35.9 Å². The van der Waals surface area contributed by atoms with Crippen LogP contribution in [0.5, 0.6) is 0 Å². The molecule has 2 N–H and O–H groups in total. The van der Waals surface area contributed by atoms with E-state index in [2.05, 4.69) is 5.32 Å². The first-order chi connectivity index (χ1) is 11.8. The molecule has 6 heteroatoms. The van der Waals surface area contributed by atoms with Crippen molar-refractivity contribution in [1.29, 1.82) is 0 Å². The molecule has 1 unspecified atom stereocenters. The van der Waals surface area contributed by atoms with Crippen LogP contribution in [0.2, 0.25) is 5.02 Å². The highest BCUT2D eigenvalue weighted by Crippen LogP contribution is 2.20. The number of hydrogen-bond donors (Lipinski definition) is 2. The summed E-state index contributed by atoms with van der Waals surface area (Å²) in [6.45, 7) is 1.48. The first kappa shape index (κ1) is 19.1. The fourth-order valence-corrected chi connectivity index (χ4v) is 2.56. The lowest BCUT2D eigenvalue weighted by molar-refractivity contribution is -0.122. The van der Waals surface area contributed by atoms with Gasteiger partial charge in [0.2, 0.25) is 5.91 Å². The second-order valence-corrected chi connectivity index (χ2v) is 6.37. The molecule has 0 aliphatic heterocycles. The van der Waals surface area contributed by atoms with E-state index in [0.717, 1.165) is 0 Å². The molecule has 1 atom stereocenters. The second-order valence-electron chi connectivity index (χ2n) is 5.96. The van der Waals surface area contributed by atoms with Crippen molar-refractivity contribution in [2.24, 2.45) is 0 Å². The number of carbonyl (C=O) groups is 2. The van der Waals surface area contributed by atoms with Gasteiger partial charge in [0.25, 0.3) is 0 Å². The van der Waals surface area contributed by atoms with Gasteiger partial charge in [0.1, 0.15) is 11.4 Å². The summed E-state index contributed by atoms with van der Waals surface area (Å²) in [5.74, 6) is -0.976. The van der Waals surface area contributed by atoms with Crippen molar-refractivity contribution >= 4 is 23.3 Å². The van der Waals surface area contributed by atoms with Crippen LogP contribution in [-0.2, 0) is 10.4 Å². The van der Waals surface area contributed by atoms with E-state index in [4.69, 9.17) is 11.6 Å². The van der Waals surface area contributed by atoms with E-state index in [1.54, 1.807) is 24.3 Å². The minimum absolute atomic E-state index is 0.0104.